The molecular weight excluding hydrogens is 580 g/mol. The Labute approximate surface area is 264 Å². The summed E-state index contributed by atoms with van der Waals surface area (Å²) in [6.45, 7) is 8.42. The van der Waals surface area contributed by atoms with Gasteiger partial charge in [0.15, 0.2) is 11.6 Å². The second kappa shape index (κ2) is 25.9. The lowest BCUT2D eigenvalue weighted by molar-refractivity contribution is 0.0488. The largest absolute Gasteiger partial charge is 0.491 e. The summed E-state index contributed by atoms with van der Waals surface area (Å²) in [7, 11) is 0. The monoisotopic (exact) mass is 636 g/mol. The van der Waals surface area contributed by atoms with Crippen molar-refractivity contribution in [2.45, 2.75) is 67.9 Å². The number of benzene rings is 2. The van der Waals surface area contributed by atoms with Gasteiger partial charge in [-0.2, -0.15) is 0 Å². The molecule has 10 nitrogen and oxygen atoms in total. The summed E-state index contributed by atoms with van der Waals surface area (Å²) in [6.07, 6.45) is 0. The fraction of sp³-hybridized carbons (Fsp3) is 0.562. The molecule has 2 aromatic rings. The van der Waals surface area contributed by atoms with E-state index >= 15 is 0 Å². The Balaban J connectivity index is -0.000000201. The number of Topliss-reactive ketones (excluding diaryl/α,β-unsaturated/α-hetero) is 2. The Morgan fingerprint density at radius 2 is 0.953 bits per heavy atom. The van der Waals surface area contributed by atoms with Crippen LogP contribution < -0.4 is 9.47 Å². The van der Waals surface area contributed by atoms with E-state index in [0.717, 1.165) is 0 Å². The van der Waals surface area contributed by atoms with Crippen molar-refractivity contribution in [2.24, 2.45) is 0 Å². The first-order chi connectivity index (χ1) is 17.9. The molecular formula is C32H57ClO10. The number of rotatable bonds is 16. The number of alkyl halides is 1. The molecule has 0 amide bonds. The molecule has 0 bridgehead atoms. The van der Waals surface area contributed by atoms with E-state index in [4.69, 9.17) is 40.8 Å². The van der Waals surface area contributed by atoms with Crippen LogP contribution in [0.3, 0.4) is 0 Å². The van der Waals surface area contributed by atoms with Crippen molar-refractivity contribution in [1.29, 1.82) is 0 Å². The minimum atomic E-state index is -1.37. The second-order valence-electron chi connectivity index (χ2n) is 9.11. The summed E-state index contributed by atoms with van der Waals surface area (Å²) in [5.74, 6) is 0.841. The van der Waals surface area contributed by atoms with Gasteiger partial charge in [0.05, 0.1) is 39.6 Å². The van der Waals surface area contributed by atoms with E-state index in [9.17, 15) is 14.7 Å². The normalized spacial score (nSPS) is 10.0. The highest BCUT2D eigenvalue weighted by Gasteiger charge is 2.26. The summed E-state index contributed by atoms with van der Waals surface area (Å²) in [5, 5.41) is 26.6. The van der Waals surface area contributed by atoms with Crippen LogP contribution in [0, 0.1) is 0 Å². The molecule has 2 rings (SSSR count). The number of aliphatic hydroxyl groups excluding tert-OH is 2. The minimum Gasteiger partial charge on any atom is -0.491 e. The Bertz CT molecular complexity index is 871. The number of halogens is 1. The number of hydrogen-bond acceptors (Lipinski definition) is 9. The molecule has 11 heteroatoms. The summed E-state index contributed by atoms with van der Waals surface area (Å²) < 4.78 is 20.9. The topological polar surface area (TPSA) is 163 Å². The van der Waals surface area contributed by atoms with Gasteiger partial charge in [-0.15, -0.1) is 11.6 Å². The maximum atomic E-state index is 11.9. The third kappa shape index (κ3) is 20.9. The number of carbonyl (C=O) groups excluding carboxylic acids is 2. The maximum Gasteiger partial charge on any atom is 0.193 e. The van der Waals surface area contributed by atoms with Crippen molar-refractivity contribution < 1.29 is 49.3 Å². The molecule has 252 valence electrons. The smallest absolute Gasteiger partial charge is 0.193 e. The summed E-state index contributed by atoms with van der Waals surface area (Å²) in [6, 6.07) is 13.4. The predicted octanol–water partition coefficient (Wildman–Crippen LogP) is 5.02. The number of ketones is 2. The first-order valence-corrected chi connectivity index (χ1v) is 12.6. The van der Waals surface area contributed by atoms with Crippen LogP contribution in [-0.2, 0) is 9.47 Å². The van der Waals surface area contributed by atoms with E-state index in [0.29, 0.717) is 62.3 Å². The highest BCUT2D eigenvalue weighted by molar-refractivity contribution is 6.37. The summed E-state index contributed by atoms with van der Waals surface area (Å²) >= 11 is 5.97. The Morgan fingerprint density at radius 1 is 0.628 bits per heavy atom. The number of ether oxygens (including phenoxy) is 4. The van der Waals surface area contributed by atoms with Crippen LogP contribution in [0.1, 0.15) is 78.1 Å². The molecule has 43 heavy (non-hydrogen) atoms. The van der Waals surface area contributed by atoms with Gasteiger partial charge in [-0.25, -0.2) is 0 Å². The van der Waals surface area contributed by atoms with Crippen LogP contribution in [0.4, 0.5) is 0 Å². The van der Waals surface area contributed by atoms with E-state index in [-0.39, 0.29) is 60.0 Å². The standard InChI is InChI=1S/C14H19ClO4.C14H20O5.4CH4.H2O/c1-14(2,15)13(17)11-3-5-12(6-4-11)19-10-9-18-8-7-16;1-14(2,17)13(16)11-3-5-12(6-4-11)19-10-9-18-8-7-15;;;;;/h3-6,16H,7-10H2,1-2H3;3-6,15,17H,7-10H2,1-2H3;4*1H4;1H2. The van der Waals surface area contributed by atoms with E-state index in [2.05, 4.69) is 0 Å². The molecule has 0 aliphatic heterocycles. The average Bonchev–Trinajstić information content (AvgIpc) is 2.88. The summed E-state index contributed by atoms with van der Waals surface area (Å²) in [4.78, 5) is 22.8. The maximum absolute atomic E-state index is 11.9. The van der Waals surface area contributed by atoms with E-state index in [1.165, 1.54) is 13.8 Å². The number of hydrogen-bond donors (Lipinski definition) is 3. The van der Waals surface area contributed by atoms with Crippen LogP contribution >= 0.6 is 11.6 Å². The van der Waals surface area contributed by atoms with Gasteiger partial charge in [0.25, 0.3) is 0 Å². The molecule has 0 spiro atoms. The first-order valence-electron chi connectivity index (χ1n) is 12.2. The van der Waals surface area contributed by atoms with Crippen LogP contribution in [0.15, 0.2) is 48.5 Å². The molecule has 0 aromatic heterocycles. The van der Waals surface area contributed by atoms with Crippen molar-refractivity contribution in [1.82, 2.24) is 0 Å². The van der Waals surface area contributed by atoms with Crippen molar-refractivity contribution in [3.05, 3.63) is 59.7 Å². The van der Waals surface area contributed by atoms with Gasteiger partial charge < -0.3 is 39.7 Å². The van der Waals surface area contributed by atoms with Gasteiger partial charge in [0.1, 0.15) is 35.2 Å². The number of carbonyl (C=O) groups is 2. The Hall–Kier alpha value is -2.57. The fourth-order valence-corrected chi connectivity index (χ4v) is 2.98. The van der Waals surface area contributed by atoms with Crippen LogP contribution in [0.5, 0.6) is 11.5 Å². The quantitative estimate of drug-likeness (QED) is 0.130. The zero-order valence-electron chi connectivity index (χ0n) is 22.9. The zero-order chi connectivity index (χ0) is 28.6. The highest BCUT2D eigenvalue weighted by atomic mass is 35.5. The van der Waals surface area contributed by atoms with Gasteiger partial charge in [0, 0.05) is 11.1 Å². The van der Waals surface area contributed by atoms with E-state index in [1.807, 2.05) is 0 Å². The van der Waals surface area contributed by atoms with Gasteiger partial charge in [-0.1, -0.05) is 29.7 Å². The lowest BCUT2D eigenvalue weighted by atomic mass is 9.97. The Morgan fingerprint density at radius 3 is 1.23 bits per heavy atom. The van der Waals surface area contributed by atoms with Gasteiger partial charge in [-0.3, -0.25) is 9.59 Å². The SMILES string of the molecule is C.C.C.C.CC(C)(Cl)C(=O)c1ccc(OCCOCCO)cc1.CC(C)(O)C(=O)c1ccc(OCCOCCO)cc1.O. The second-order valence-corrected chi connectivity index (χ2v) is 10.1. The van der Waals surface area contributed by atoms with Gasteiger partial charge >= 0.3 is 0 Å². The molecule has 0 aliphatic rings. The molecule has 0 radical (unpaired) electrons. The molecule has 0 saturated heterocycles. The predicted molar refractivity (Wildman–Crippen MR) is 175 cm³/mol. The molecule has 5 N–H and O–H groups in total. The first kappa shape index (κ1) is 50.1. The lowest BCUT2D eigenvalue weighted by Crippen LogP contribution is -2.30. The minimum absolute atomic E-state index is 0. The molecule has 0 aliphatic carbocycles. The molecule has 0 atom stereocenters. The Kier molecular flexibility index (Phi) is 30.1. The highest BCUT2D eigenvalue weighted by Crippen LogP contribution is 2.22. The third-order valence-electron chi connectivity index (χ3n) is 4.79. The third-order valence-corrected chi connectivity index (χ3v) is 4.96. The molecule has 0 heterocycles. The fourth-order valence-electron chi connectivity index (χ4n) is 2.87. The van der Waals surface area contributed by atoms with Gasteiger partial charge in [0.2, 0.25) is 0 Å². The molecule has 0 fully saturated rings. The molecule has 0 saturated carbocycles. The van der Waals surface area contributed by atoms with E-state index < -0.39 is 10.5 Å². The lowest BCUT2D eigenvalue weighted by Gasteiger charge is -2.15. The zero-order valence-corrected chi connectivity index (χ0v) is 23.7. The van der Waals surface area contributed by atoms with Crippen LogP contribution in [0.2, 0.25) is 0 Å². The van der Waals surface area contributed by atoms with Crippen LogP contribution in [0.25, 0.3) is 0 Å². The summed E-state index contributed by atoms with van der Waals surface area (Å²) in [5.41, 5.74) is -0.374. The van der Waals surface area contributed by atoms with Crippen LogP contribution in [-0.4, -0.2) is 95.7 Å². The molecule has 2 aromatic carbocycles. The van der Waals surface area contributed by atoms with Crippen molar-refractivity contribution >= 4 is 23.2 Å². The van der Waals surface area contributed by atoms with Gasteiger partial charge in [-0.05, 0) is 76.2 Å². The number of aliphatic hydroxyl groups is 3. The molecule has 0 unspecified atom stereocenters. The van der Waals surface area contributed by atoms with Crippen molar-refractivity contribution in [2.75, 3.05) is 52.9 Å². The average molecular weight is 637 g/mol. The van der Waals surface area contributed by atoms with Crippen molar-refractivity contribution in [3.63, 3.8) is 0 Å². The van der Waals surface area contributed by atoms with Crippen molar-refractivity contribution in [3.8, 4) is 11.5 Å². The van der Waals surface area contributed by atoms with E-state index in [1.54, 1.807) is 62.4 Å².